The second-order valence-corrected chi connectivity index (χ2v) is 5.84. The van der Waals surface area contributed by atoms with Crippen LogP contribution in [0, 0.1) is 0 Å². The molecule has 0 radical (unpaired) electrons. The molecule has 5 heteroatoms. The molecule has 90 valence electrons. The molecular weight excluding hydrogens is 244 g/mol. The highest BCUT2D eigenvalue weighted by atomic mass is 35.5. The van der Waals surface area contributed by atoms with E-state index in [1.165, 1.54) is 4.88 Å². The maximum Gasteiger partial charge on any atom is 0.0931 e. The van der Waals surface area contributed by atoms with Crippen LogP contribution in [-0.4, -0.2) is 37.2 Å². The molecule has 1 aliphatic heterocycles. The van der Waals surface area contributed by atoms with E-state index in [0.717, 1.165) is 30.6 Å². The SMILES string of the molecule is CC(N)C(c1ccc(Cl)s1)N1CCOCC1. The predicted octanol–water partition coefficient (Wildman–Crippen LogP) is 2.12. The monoisotopic (exact) mass is 260 g/mol. The lowest BCUT2D eigenvalue weighted by Gasteiger charge is -2.36. The van der Waals surface area contributed by atoms with E-state index >= 15 is 0 Å². The summed E-state index contributed by atoms with van der Waals surface area (Å²) in [4.78, 5) is 3.64. The van der Waals surface area contributed by atoms with Crippen molar-refractivity contribution < 1.29 is 4.74 Å². The first-order valence-corrected chi connectivity index (χ1v) is 6.70. The zero-order valence-corrected chi connectivity index (χ0v) is 10.9. The van der Waals surface area contributed by atoms with E-state index in [9.17, 15) is 0 Å². The Morgan fingerprint density at radius 3 is 2.62 bits per heavy atom. The normalized spacial score (nSPS) is 21.9. The molecule has 2 atom stereocenters. The Morgan fingerprint density at radius 2 is 2.12 bits per heavy atom. The van der Waals surface area contributed by atoms with Gasteiger partial charge in [0.05, 0.1) is 23.6 Å². The number of halogens is 1. The van der Waals surface area contributed by atoms with Gasteiger partial charge in [0.25, 0.3) is 0 Å². The van der Waals surface area contributed by atoms with Crippen molar-refractivity contribution >= 4 is 22.9 Å². The Labute approximate surface area is 105 Å². The Bertz CT molecular complexity index is 336. The molecule has 0 spiro atoms. The molecule has 0 saturated carbocycles. The molecule has 1 fully saturated rings. The van der Waals surface area contributed by atoms with Gasteiger partial charge in [-0.3, -0.25) is 4.90 Å². The third-order valence-corrected chi connectivity index (χ3v) is 4.12. The molecule has 1 saturated heterocycles. The van der Waals surface area contributed by atoms with Gasteiger partial charge in [-0.15, -0.1) is 11.3 Å². The average molecular weight is 261 g/mol. The van der Waals surface area contributed by atoms with Crippen molar-refractivity contribution in [2.75, 3.05) is 26.3 Å². The van der Waals surface area contributed by atoms with Gasteiger partial charge in [-0.25, -0.2) is 0 Å². The number of ether oxygens (including phenoxy) is 1. The van der Waals surface area contributed by atoms with Crippen molar-refractivity contribution in [1.29, 1.82) is 0 Å². The third-order valence-electron chi connectivity index (χ3n) is 2.82. The minimum absolute atomic E-state index is 0.104. The zero-order valence-electron chi connectivity index (χ0n) is 9.36. The maximum absolute atomic E-state index is 6.09. The summed E-state index contributed by atoms with van der Waals surface area (Å²) in [6, 6.07) is 4.39. The smallest absolute Gasteiger partial charge is 0.0931 e. The van der Waals surface area contributed by atoms with Gasteiger partial charge in [0, 0.05) is 24.0 Å². The summed E-state index contributed by atoms with van der Waals surface area (Å²) in [6.07, 6.45) is 0. The molecule has 1 aromatic heterocycles. The van der Waals surface area contributed by atoms with Crippen LogP contribution in [0.4, 0.5) is 0 Å². The first-order valence-electron chi connectivity index (χ1n) is 5.51. The molecule has 2 heterocycles. The summed E-state index contributed by atoms with van der Waals surface area (Å²) in [7, 11) is 0. The van der Waals surface area contributed by atoms with Gasteiger partial charge in [0.2, 0.25) is 0 Å². The van der Waals surface area contributed by atoms with Gasteiger partial charge in [-0.2, -0.15) is 0 Å². The van der Waals surface area contributed by atoms with E-state index in [1.54, 1.807) is 11.3 Å². The number of nitrogens with zero attached hydrogens (tertiary/aromatic N) is 1. The fourth-order valence-electron chi connectivity index (χ4n) is 2.11. The molecule has 0 amide bonds. The number of thiophene rings is 1. The van der Waals surface area contributed by atoms with Crippen LogP contribution < -0.4 is 5.73 Å². The van der Waals surface area contributed by atoms with E-state index in [0.29, 0.717) is 0 Å². The van der Waals surface area contributed by atoms with Crippen LogP contribution in [0.5, 0.6) is 0 Å². The Kier molecular flexibility index (Phi) is 4.21. The highest BCUT2D eigenvalue weighted by Gasteiger charge is 2.26. The molecule has 2 rings (SSSR count). The van der Waals surface area contributed by atoms with Gasteiger partial charge in [-0.05, 0) is 19.1 Å². The fourth-order valence-corrected chi connectivity index (χ4v) is 3.43. The van der Waals surface area contributed by atoms with Crippen LogP contribution in [0.3, 0.4) is 0 Å². The van der Waals surface area contributed by atoms with Gasteiger partial charge < -0.3 is 10.5 Å². The largest absolute Gasteiger partial charge is 0.379 e. The van der Waals surface area contributed by atoms with Crippen molar-refractivity contribution in [3.8, 4) is 0 Å². The Balaban J connectivity index is 2.16. The van der Waals surface area contributed by atoms with E-state index < -0.39 is 0 Å². The van der Waals surface area contributed by atoms with Gasteiger partial charge in [0.1, 0.15) is 0 Å². The molecule has 3 nitrogen and oxygen atoms in total. The van der Waals surface area contributed by atoms with Crippen LogP contribution in [-0.2, 0) is 4.74 Å². The molecule has 1 aromatic rings. The lowest BCUT2D eigenvalue weighted by atomic mass is 10.1. The highest BCUT2D eigenvalue weighted by Crippen LogP contribution is 2.32. The molecule has 2 N–H and O–H groups in total. The first-order chi connectivity index (χ1) is 7.68. The van der Waals surface area contributed by atoms with Crippen molar-refractivity contribution in [3.63, 3.8) is 0 Å². The van der Waals surface area contributed by atoms with Gasteiger partial charge in [-0.1, -0.05) is 11.6 Å². The zero-order chi connectivity index (χ0) is 11.5. The number of rotatable bonds is 3. The number of hydrogen-bond acceptors (Lipinski definition) is 4. The Morgan fingerprint density at radius 1 is 1.44 bits per heavy atom. The van der Waals surface area contributed by atoms with Crippen LogP contribution >= 0.6 is 22.9 Å². The topological polar surface area (TPSA) is 38.5 Å². The molecule has 1 aliphatic rings. The number of nitrogens with two attached hydrogens (primary N) is 1. The molecule has 0 aromatic carbocycles. The summed E-state index contributed by atoms with van der Waals surface area (Å²) in [5.41, 5.74) is 6.09. The second-order valence-electron chi connectivity index (χ2n) is 4.09. The highest BCUT2D eigenvalue weighted by molar-refractivity contribution is 7.16. The molecule has 16 heavy (non-hydrogen) atoms. The molecule has 0 bridgehead atoms. The minimum atomic E-state index is 0.104. The van der Waals surface area contributed by atoms with E-state index in [1.807, 2.05) is 13.0 Å². The average Bonchev–Trinajstić information content (AvgIpc) is 2.66. The number of morpholine rings is 1. The fraction of sp³-hybridized carbons (Fsp3) is 0.636. The second kappa shape index (κ2) is 5.47. The van der Waals surface area contributed by atoms with Crippen molar-refractivity contribution in [2.24, 2.45) is 5.73 Å². The first kappa shape index (κ1) is 12.3. The molecular formula is C11H17ClN2OS. The third kappa shape index (κ3) is 2.76. The van der Waals surface area contributed by atoms with Crippen molar-refractivity contribution in [2.45, 2.75) is 19.0 Å². The summed E-state index contributed by atoms with van der Waals surface area (Å²) >= 11 is 7.60. The Hall–Kier alpha value is -0.130. The van der Waals surface area contributed by atoms with E-state index in [4.69, 9.17) is 22.1 Å². The summed E-state index contributed by atoms with van der Waals surface area (Å²) in [6.45, 7) is 5.53. The van der Waals surface area contributed by atoms with Crippen molar-refractivity contribution in [3.05, 3.63) is 21.3 Å². The van der Waals surface area contributed by atoms with E-state index in [2.05, 4.69) is 11.0 Å². The van der Waals surface area contributed by atoms with E-state index in [-0.39, 0.29) is 12.1 Å². The van der Waals surface area contributed by atoms with Crippen LogP contribution in [0.15, 0.2) is 12.1 Å². The summed E-state index contributed by atoms with van der Waals surface area (Å²) in [5, 5.41) is 0. The molecule has 0 aliphatic carbocycles. The predicted molar refractivity (Wildman–Crippen MR) is 68.1 cm³/mol. The summed E-state index contributed by atoms with van der Waals surface area (Å²) < 4.78 is 6.19. The minimum Gasteiger partial charge on any atom is -0.379 e. The van der Waals surface area contributed by atoms with Crippen LogP contribution in [0.2, 0.25) is 4.34 Å². The maximum atomic E-state index is 6.09. The quantitative estimate of drug-likeness (QED) is 0.905. The lowest BCUT2D eigenvalue weighted by Crippen LogP contribution is -2.45. The van der Waals surface area contributed by atoms with Gasteiger partial charge in [0.15, 0.2) is 0 Å². The molecule has 2 unspecified atom stereocenters. The van der Waals surface area contributed by atoms with Crippen LogP contribution in [0.1, 0.15) is 17.8 Å². The lowest BCUT2D eigenvalue weighted by molar-refractivity contribution is 0.0124. The summed E-state index contributed by atoms with van der Waals surface area (Å²) in [5.74, 6) is 0. The van der Waals surface area contributed by atoms with Crippen LogP contribution in [0.25, 0.3) is 0 Å². The van der Waals surface area contributed by atoms with Crippen molar-refractivity contribution in [1.82, 2.24) is 4.90 Å². The number of hydrogen-bond donors (Lipinski definition) is 1. The standard InChI is InChI=1S/C11H17ClN2OS/c1-8(13)11(9-2-3-10(12)16-9)14-4-6-15-7-5-14/h2-3,8,11H,4-7,13H2,1H3. The van der Waals surface area contributed by atoms with Gasteiger partial charge >= 0.3 is 0 Å².